The summed E-state index contributed by atoms with van der Waals surface area (Å²) in [6, 6.07) is 7.57. The summed E-state index contributed by atoms with van der Waals surface area (Å²) in [5.41, 5.74) is 6.37. The number of nitrogens with two attached hydrogens (primary N) is 1. The minimum absolute atomic E-state index is 0. The van der Waals surface area contributed by atoms with Crippen LogP contribution in [0.25, 0.3) is 0 Å². The molecular weight excluding hydrogens is 318 g/mol. The number of benzene rings is 1. The van der Waals surface area contributed by atoms with Crippen molar-refractivity contribution in [1.29, 1.82) is 0 Å². The van der Waals surface area contributed by atoms with Crippen LogP contribution in [-0.4, -0.2) is 23.1 Å². The first-order valence-corrected chi connectivity index (χ1v) is 3.16. The van der Waals surface area contributed by atoms with Crippen LogP contribution in [0.5, 0.6) is 0 Å². The van der Waals surface area contributed by atoms with Gasteiger partial charge in [0.05, 0.1) is 0 Å². The van der Waals surface area contributed by atoms with Crippen LogP contribution in [0, 0.1) is 0 Å². The molecule has 1 nitrogen and oxygen atoms in total. The maximum Gasteiger partial charge on any atom is 2.00 e. The van der Waals surface area contributed by atoms with Crippen molar-refractivity contribution >= 4 is 34.7 Å². The monoisotopic (exact) mass is 323 g/mol. The maximum absolute atomic E-state index is 5.74. The first kappa shape index (κ1) is 18.9. The van der Waals surface area contributed by atoms with Crippen LogP contribution >= 0.6 is 11.6 Å². The molecular formula is C7H8Br2ClMgN. The number of hydrogen-bond acceptors (Lipinski definition) is 1. The summed E-state index contributed by atoms with van der Waals surface area (Å²) in [6.07, 6.45) is 0. The molecule has 64 valence electrons. The standard InChI is InChI=1S/C7H8ClN.2BrH.Mg/c8-7-4-2-1-3-6(7)5-9;;;/h1-4H,5,9H2;2*1H;/q;;;+2/p-2. The minimum atomic E-state index is 0. The van der Waals surface area contributed by atoms with E-state index in [2.05, 4.69) is 0 Å². The number of rotatable bonds is 1. The van der Waals surface area contributed by atoms with Gasteiger partial charge in [0.15, 0.2) is 0 Å². The van der Waals surface area contributed by atoms with Crippen LogP contribution in [0.15, 0.2) is 24.3 Å². The number of hydrogen-bond donors (Lipinski definition) is 1. The molecule has 5 heteroatoms. The van der Waals surface area contributed by atoms with Crippen molar-refractivity contribution < 1.29 is 34.0 Å². The van der Waals surface area contributed by atoms with Gasteiger partial charge in [0, 0.05) is 11.6 Å². The summed E-state index contributed by atoms with van der Waals surface area (Å²) >= 11 is 5.74. The second kappa shape index (κ2) is 10.3. The van der Waals surface area contributed by atoms with E-state index in [-0.39, 0.29) is 57.0 Å². The van der Waals surface area contributed by atoms with Crippen molar-refractivity contribution in [2.24, 2.45) is 5.73 Å². The molecule has 0 heterocycles. The van der Waals surface area contributed by atoms with Crippen LogP contribution < -0.4 is 39.7 Å². The third-order valence-electron chi connectivity index (χ3n) is 1.18. The zero-order chi connectivity index (χ0) is 6.69. The molecule has 0 aromatic heterocycles. The van der Waals surface area contributed by atoms with E-state index in [0.29, 0.717) is 6.54 Å². The van der Waals surface area contributed by atoms with Gasteiger partial charge in [0.2, 0.25) is 0 Å². The molecule has 0 unspecified atom stereocenters. The largest absolute Gasteiger partial charge is 2.00 e. The summed E-state index contributed by atoms with van der Waals surface area (Å²) in [5, 5.41) is 0.750. The van der Waals surface area contributed by atoms with E-state index in [4.69, 9.17) is 17.3 Å². The van der Waals surface area contributed by atoms with Gasteiger partial charge in [0.25, 0.3) is 0 Å². The predicted octanol–water partition coefficient (Wildman–Crippen LogP) is -4.57. The SMILES string of the molecule is NCc1ccccc1Cl.[Br-].[Br-].[Mg+2]. The van der Waals surface area contributed by atoms with Gasteiger partial charge in [-0.05, 0) is 11.6 Å². The maximum atomic E-state index is 5.74. The van der Waals surface area contributed by atoms with Gasteiger partial charge in [0.1, 0.15) is 0 Å². The summed E-state index contributed by atoms with van der Waals surface area (Å²) in [5.74, 6) is 0. The fraction of sp³-hybridized carbons (Fsp3) is 0.143. The molecule has 0 saturated carbocycles. The third-order valence-corrected chi connectivity index (χ3v) is 1.55. The van der Waals surface area contributed by atoms with Crippen molar-refractivity contribution in [3.8, 4) is 0 Å². The quantitative estimate of drug-likeness (QED) is 0.517. The summed E-state index contributed by atoms with van der Waals surface area (Å²) < 4.78 is 0. The van der Waals surface area contributed by atoms with Gasteiger partial charge in [-0.3, -0.25) is 0 Å². The van der Waals surface area contributed by atoms with E-state index >= 15 is 0 Å². The molecule has 0 spiro atoms. The van der Waals surface area contributed by atoms with E-state index in [0.717, 1.165) is 10.6 Å². The van der Waals surface area contributed by atoms with Crippen LogP contribution in [0.1, 0.15) is 5.56 Å². The summed E-state index contributed by atoms with van der Waals surface area (Å²) in [7, 11) is 0. The Bertz CT molecular complexity index is 210. The Labute approximate surface area is 115 Å². The van der Waals surface area contributed by atoms with Gasteiger partial charge in [-0.25, -0.2) is 0 Å². The topological polar surface area (TPSA) is 26.0 Å². The predicted molar refractivity (Wildman–Crippen MR) is 45.1 cm³/mol. The molecule has 0 amide bonds. The fourth-order valence-corrected chi connectivity index (χ4v) is 0.877. The molecule has 0 aliphatic carbocycles. The zero-order valence-electron chi connectivity index (χ0n) is 6.43. The summed E-state index contributed by atoms with van der Waals surface area (Å²) in [6.45, 7) is 0.514. The van der Waals surface area contributed by atoms with E-state index < -0.39 is 0 Å². The van der Waals surface area contributed by atoms with E-state index in [1.54, 1.807) is 0 Å². The first-order chi connectivity index (χ1) is 4.34. The zero-order valence-corrected chi connectivity index (χ0v) is 11.8. The number of halogens is 3. The Morgan fingerprint density at radius 1 is 1.17 bits per heavy atom. The Hall–Kier alpha value is 1.20. The Morgan fingerprint density at radius 3 is 2.00 bits per heavy atom. The van der Waals surface area contributed by atoms with Crippen LogP contribution in [0.3, 0.4) is 0 Å². The van der Waals surface area contributed by atoms with Gasteiger partial charge in [-0.2, -0.15) is 0 Å². The van der Waals surface area contributed by atoms with E-state index in [9.17, 15) is 0 Å². The molecule has 1 rings (SSSR count). The normalized spacial score (nSPS) is 7.17. The van der Waals surface area contributed by atoms with Crippen LogP contribution in [0.2, 0.25) is 5.02 Å². The summed E-state index contributed by atoms with van der Waals surface area (Å²) in [4.78, 5) is 0. The van der Waals surface area contributed by atoms with E-state index in [1.165, 1.54) is 0 Å². The van der Waals surface area contributed by atoms with Crippen LogP contribution in [0.4, 0.5) is 0 Å². The van der Waals surface area contributed by atoms with Crippen molar-refractivity contribution in [2.75, 3.05) is 0 Å². The molecule has 1 aromatic carbocycles. The second-order valence-corrected chi connectivity index (χ2v) is 2.20. The second-order valence-electron chi connectivity index (χ2n) is 1.80. The van der Waals surface area contributed by atoms with Crippen molar-refractivity contribution in [2.45, 2.75) is 6.54 Å². The molecule has 12 heavy (non-hydrogen) atoms. The molecule has 1 aromatic rings. The molecule has 2 N–H and O–H groups in total. The molecule has 0 saturated heterocycles. The Kier molecular flexibility index (Phi) is 16.2. The molecule has 0 fully saturated rings. The molecule has 0 bridgehead atoms. The fourth-order valence-electron chi connectivity index (χ4n) is 0.664. The third kappa shape index (κ3) is 5.78. The van der Waals surface area contributed by atoms with Crippen molar-refractivity contribution in [1.82, 2.24) is 0 Å². The molecule has 0 aliphatic rings. The van der Waals surface area contributed by atoms with E-state index in [1.807, 2.05) is 24.3 Å². The first-order valence-electron chi connectivity index (χ1n) is 2.78. The Balaban J connectivity index is -0.000000270. The van der Waals surface area contributed by atoms with Gasteiger partial charge in [-0.1, -0.05) is 29.8 Å². The van der Waals surface area contributed by atoms with Gasteiger partial charge < -0.3 is 39.7 Å². The smallest absolute Gasteiger partial charge is 1.00 e. The minimum Gasteiger partial charge on any atom is -1.00 e. The van der Waals surface area contributed by atoms with Crippen molar-refractivity contribution in [3.05, 3.63) is 34.9 Å². The van der Waals surface area contributed by atoms with Gasteiger partial charge in [-0.15, -0.1) is 0 Å². The van der Waals surface area contributed by atoms with Crippen molar-refractivity contribution in [3.63, 3.8) is 0 Å². The van der Waals surface area contributed by atoms with Gasteiger partial charge >= 0.3 is 23.1 Å². The average molecular weight is 326 g/mol. The Morgan fingerprint density at radius 2 is 1.67 bits per heavy atom. The van der Waals surface area contributed by atoms with Crippen LogP contribution in [-0.2, 0) is 6.54 Å². The molecule has 0 aliphatic heterocycles. The molecule has 0 radical (unpaired) electrons. The molecule has 0 atom stereocenters. The average Bonchev–Trinajstić information content (AvgIpc) is 1.89.